The number of aliphatic carboxylic acids is 1. The molecule has 148 valence electrons. The van der Waals surface area contributed by atoms with Crippen LogP contribution in [0.25, 0.3) is 0 Å². The second kappa shape index (κ2) is 9.93. The van der Waals surface area contributed by atoms with Gasteiger partial charge >= 0.3 is 12.0 Å². The maximum absolute atomic E-state index is 12.4. The maximum Gasteiger partial charge on any atom is 0.315 e. The third-order valence-electron chi connectivity index (χ3n) is 5.52. The van der Waals surface area contributed by atoms with Gasteiger partial charge in [0.05, 0.1) is 5.92 Å². The first-order valence-corrected chi connectivity index (χ1v) is 9.98. The van der Waals surface area contributed by atoms with E-state index < -0.39 is 5.97 Å². The summed E-state index contributed by atoms with van der Waals surface area (Å²) in [5.41, 5.74) is 2.44. The number of urea groups is 1. The Morgan fingerprint density at radius 3 is 2.14 bits per heavy atom. The number of hydrogen-bond acceptors (Lipinski definition) is 2. The molecule has 1 aliphatic rings. The van der Waals surface area contributed by atoms with E-state index in [1.807, 2.05) is 36.4 Å². The minimum absolute atomic E-state index is 0.0555. The molecule has 0 radical (unpaired) electrons. The average molecular weight is 380 g/mol. The van der Waals surface area contributed by atoms with Gasteiger partial charge in [0.1, 0.15) is 0 Å². The number of benzene rings is 2. The van der Waals surface area contributed by atoms with Crippen molar-refractivity contribution in [2.24, 2.45) is 5.92 Å². The smallest absolute Gasteiger partial charge is 0.315 e. The number of hydrogen-bond donors (Lipinski definition) is 3. The summed E-state index contributed by atoms with van der Waals surface area (Å²) in [5, 5.41) is 15.1. The highest BCUT2D eigenvalue weighted by molar-refractivity contribution is 5.74. The number of carbonyl (C=O) groups is 2. The van der Waals surface area contributed by atoms with E-state index in [-0.39, 0.29) is 23.9 Å². The highest BCUT2D eigenvalue weighted by Gasteiger charge is 2.26. The molecule has 1 atom stereocenters. The molecule has 0 spiro atoms. The summed E-state index contributed by atoms with van der Waals surface area (Å²) in [6.07, 6.45) is 3.55. The van der Waals surface area contributed by atoms with Gasteiger partial charge in [0.15, 0.2) is 0 Å². The molecule has 0 heterocycles. The molecule has 0 saturated heterocycles. The van der Waals surface area contributed by atoms with Gasteiger partial charge < -0.3 is 15.7 Å². The van der Waals surface area contributed by atoms with E-state index in [9.17, 15) is 9.59 Å². The van der Waals surface area contributed by atoms with Crippen molar-refractivity contribution in [3.63, 3.8) is 0 Å². The van der Waals surface area contributed by atoms with Crippen LogP contribution in [0.5, 0.6) is 0 Å². The molecule has 0 aromatic heterocycles. The Labute approximate surface area is 166 Å². The number of rotatable bonds is 7. The average Bonchev–Trinajstić information content (AvgIpc) is 2.73. The number of nitrogens with one attached hydrogen (secondary N) is 2. The molecule has 3 N–H and O–H groups in total. The van der Waals surface area contributed by atoms with Crippen molar-refractivity contribution >= 4 is 12.0 Å². The van der Waals surface area contributed by atoms with E-state index in [1.165, 1.54) is 11.1 Å². The predicted octanol–water partition coefficient (Wildman–Crippen LogP) is 3.96. The molecule has 5 heteroatoms. The zero-order chi connectivity index (χ0) is 19.8. The summed E-state index contributed by atoms with van der Waals surface area (Å²) < 4.78 is 0. The number of amides is 2. The SMILES string of the molecule is O=C(NCC(Cc1ccccc1)c1ccccc1)NC1CCC(C(=O)O)CC1. The summed E-state index contributed by atoms with van der Waals surface area (Å²) in [6.45, 7) is 0.551. The lowest BCUT2D eigenvalue weighted by molar-refractivity contribution is -0.142. The summed E-state index contributed by atoms with van der Waals surface area (Å²) in [7, 11) is 0. The molecule has 2 amide bonds. The van der Waals surface area contributed by atoms with E-state index in [1.54, 1.807) is 0 Å². The van der Waals surface area contributed by atoms with Crippen LogP contribution < -0.4 is 10.6 Å². The first-order chi connectivity index (χ1) is 13.6. The van der Waals surface area contributed by atoms with Crippen molar-refractivity contribution in [3.8, 4) is 0 Å². The van der Waals surface area contributed by atoms with Crippen LogP contribution in [0.1, 0.15) is 42.7 Å². The van der Waals surface area contributed by atoms with Gasteiger partial charge in [-0.3, -0.25) is 4.79 Å². The molecular formula is C23H28N2O3. The van der Waals surface area contributed by atoms with Crippen LogP contribution in [0.3, 0.4) is 0 Å². The Morgan fingerprint density at radius 1 is 0.929 bits per heavy atom. The standard InChI is InChI=1S/C23H28N2O3/c26-22(27)19-11-13-21(14-12-19)25-23(28)24-16-20(18-9-5-2-6-10-18)15-17-7-3-1-4-8-17/h1-10,19-21H,11-16H2,(H,26,27)(H2,24,25,28). The molecule has 1 fully saturated rings. The number of carboxylic acids is 1. The summed E-state index contributed by atoms with van der Waals surface area (Å²) in [6, 6.07) is 20.4. The van der Waals surface area contributed by atoms with Crippen molar-refractivity contribution in [1.82, 2.24) is 10.6 Å². The zero-order valence-corrected chi connectivity index (χ0v) is 16.0. The summed E-state index contributed by atoms with van der Waals surface area (Å²) in [4.78, 5) is 23.4. The molecule has 2 aromatic carbocycles. The molecule has 5 nitrogen and oxygen atoms in total. The first-order valence-electron chi connectivity index (χ1n) is 9.98. The molecule has 1 aliphatic carbocycles. The highest BCUT2D eigenvalue weighted by Crippen LogP contribution is 2.24. The maximum atomic E-state index is 12.4. The van der Waals surface area contributed by atoms with Crippen LogP contribution in [-0.4, -0.2) is 29.7 Å². The van der Waals surface area contributed by atoms with E-state index in [0.29, 0.717) is 19.4 Å². The fraction of sp³-hybridized carbons (Fsp3) is 0.391. The van der Waals surface area contributed by atoms with Crippen LogP contribution in [0.4, 0.5) is 4.79 Å². The molecule has 3 rings (SSSR count). The molecule has 1 unspecified atom stereocenters. The lowest BCUT2D eigenvalue weighted by atomic mass is 9.86. The van der Waals surface area contributed by atoms with Crippen LogP contribution >= 0.6 is 0 Å². The fourth-order valence-corrected chi connectivity index (χ4v) is 3.87. The van der Waals surface area contributed by atoms with E-state index in [2.05, 4.69) is 34.9 Å². The van der Waals surface area contributed by atoms with Gasteiger partial charge in [-0.25, -0.2) is 4.79 Å². The lowest BCUT2D eigenvalue weighted by Gasteiger charge is -2.27. The van der Waals surface area contributed by atoms with Crippen LogP contribution in [0.15, 0.2) is 60.7 Å². The minimum Gasteiger partial charge on any atom is -0.481 e. The largest absolute Gasteiger partial charge is 0.481 e. The van der Waals surface area contributed by atoms with Gasteiger partial charge in [-0.05, 0) is 43.2 Å². The van der Waals surface area contributed by atoms with Gasteiger partial charge in [0, 0.05) is 18.5 Å². The molecule has 1 saturated carbocycles. The third kappa shape index (κ3) is 5.84. The Bertz CT molecular complexity index is 756. The Hall–Kier alpha value is -2.82. The predicted molar refractivity (Wildman–Crippen MR) is 109 cm³/mol. The monoisotopic (exact) mass is 380 g/mol. The molecule has 28 heavy (non-hydrogen) atoms. The topological polar surface area (TPSA) is 78.4 Å². The van der Waals surface area contributed by atoms with E-state index >= 15 is 0 Å². The Morgan fingerprint density at radius 2 is 1.54 bits per heavy atom. The van der Waals surface area contributed by atoms with Crippen LogP contribution in [-0.2, 0) is 11.2 Å². The fourth-order valence-electron chi connectivity index (χ4n) is 3.87. The first kappa shape index (κ1) is 19.9. The van der Waals surface area contributed by atoms with Crippen molar-refractivity contribution in [2.45, 2.75) is 44.1 Å². The molecule has 2 aromatic rings. The van der Waals surface area contributed by atoms with Crippen molar-refractivity contribution in [1.29, 1.82) is 0 Å². The van der Waals surface area contributed by atoms with Crippen LogP contribution in [0, 0.1) is 5.92 Å². The Balaban J connectivity index is 1.53. The Kier molecular flexibility index (Phi) is 7.06. The summed E-state index contributed by atoms with van der Waals surface area (Å²) >= 11 is 0. The highest BCUT2D eigenvalue weighted by atomic mass is 16.4. The van der Waals surface area contributed by atoms with Gasteiger partial charge in [-0.2, -0.15) is 0 Å². The normalized spacial score (nSPS) is 20.1. The quantitative estimate of drug-likeness (QED) is 0.680. The van der Waals surface area contributed by atoms with Crippen molar-refractivity contribution in [3.05, 3.63) is 71.8 Å². The third-order valence-corrected chi connectivity index (χ3v) is 5.52. The molecule has 0 bridgehead atoms. The molecule has 0 aliphatic heterocycles. The van der Waals surface area contributed by atoms with E-state index in [0.717, 1.165) is 19.3 Å². The van der Waals surface area contributed by atoms with Crippen LogP contribution in [0.2, 0.25) is 0 Å². The number of carboxylic acid groups (broad SMARTS) is 1. The van der Waals surface area contributed by atoms with Gasteiger partial charge in [0.25, 0.3) is 0 Å². The number of carbonyl (C=O) groups excluding carboxylic acids is 1. The minimum atomic E-state index is -0.727. The lowest BCUT2D eigenvalue weighted by Crippen LogP contribution is -2.45. The van der Waals surface area contributed by atoms with Crippen molar-refractivity contribution in [2.75, 3.05) is 6.54 Å². The van der Waals surface area contributed by atoms with Gasteiger partial charge in [0.2, 0.25) is 0 Å². The van der Waals surface area contributed by atoms with Gasteiger partial charge in [-0.1, -0.05) is 60.7 Å². The second-order valence-electron chi connectivity index (χ2n) is 7.54. The van der Waals surface area contributed by atoms with Gasteiger partial charge in [-0.15, -0.1) is 0 Å². The second-order valence-corrected chi connectivity index (χ2v) is 7.54. The van der Waals surface area contributed by atoms with Crippen molar-refractivity contribution < 1.29 is 14.7 Å². The molecular weight excluding hydrogens is 352 g/mol. The zero-order valence-electron chi connectivity index (χ0n) is 16.0. The van der Waals surface area contributed by atoms with E-state index in [4.69, 9.17) is 5.11 Å². The summed E-state index contributed by atoms with van der Waals surface area (Å²) in [5.74, 6) is -0.805.